The molecule has 108 valence electrons. The summed E-state index contributed by atoms with van der Waals surface area (Å²) in [6.07, 6.45) is 1.83. The Balaban J connectivity index is 1.79. The first kappa shape index (κ1) is 14.2. The van der Waals surface area contributed by atoms with Gasteiger partial charge in [-0.3, -0.25) is 4.98 Å². The van der Waals surface area contributed by atoms with Gasteiger partial charge in [-0.2, -0.15) is 0 Å². The summed E-state index contributed by atoms with van der Waals surface area (Å²) in [5.41, 5.74) is 4.28. The molecule has 2 aromatic heterocycles. The van der Waals surface area contributed by atoms with Crippen molar-refractivity contribution in [1.29, 1.82) is 0 Å². The predicted molar refractivity (Wildman–Crippen MR) is 86.0 cm³/mol. The second-order valence-corrected chi connectivity index (χ2v) is 5.87. The Morgan fingerprint density at radius 1 is 1.19 bits per heavy atom. The molecule has 2 heterocycles. The van der Waals surface area contributed by atoms with E-state index in [2.05, 4.69) is 49.6 Å². The number of nitrogens with zero attached hydrogens (tertiary/aromatic N) is 2. The summed E-state index contributed by atoms with van der Waals surface area (Å²) in [6.45, 7) is 5.40. The lowest BCUT2D eigenvalue weighted by Gasteiger charge is -2.08. The van der Waals surface area contributed by atoms with Gasteiger partial charge in [0.1, 0.15) is 5.76 Å². The van der Waals surface area contributed by atoms with Gasteiger partial charge in [0, 0.05) is 34.7 Å². The summed E-state index contributed by atoms with van der Waals surface area (Å²) in [5.74, 6) is 0.874. The van der Waals surface area contributed by atoms with Gasteiger partial charge in [0.2, 0.25) is 0 Å². The van der Waals surface area contributed by atoms with Crippen molar-refractivity contribution < 1.29 is 4.52 Å². The maximum atomic E-state index is 5.18. The van der Waals surface area contributed by atoms with Crippen molar-refractivity contribution in [3.8, 4) is 0 Å². The quantitative estimate of drug-likeness (QED) is 0.779. The molecule has 0 atom stereocenters. The number of rotatable bonds is 4. The SMILES string of the molecule is Cc1noc(C)c1CNCc1ccc(Br)c2cccnc12. The predicted octanol–water partition coefficient (Wildman–Crippen LogP) is 3.89. The van der Waals surface area contributed by atoms with Crippen molar-refractivity contribution in [1.82, 2.24) is 15.5 Å². The van der Waals surface area contributed by atoms with Crippen molar-refractivity contribution in [2.45, 2.75) is 26.9 Å². The Kier molecular flexibility index (Phi) is 4.03. The fourth-order valence-electron chi connectivity index (χ4n) is 2.42. The number of hydrogen-bond acceptors (Lipinski definition) is 4. The van der Waals surface area contributed by atoms with Crippen LogP contribution in [0.4, 0.5) is 0 Å². The molecule has 0 amide bonds. The van der Waals surface area contributed by atoms with E-state index in [1.807, 2.05) is 26.1 Å². The second-order valence-electron chi connectivity index (χ2n) is 5.01. The molecule has 4 nitrogen and oxygen atoms in total. The molecule has 21 heavy (non-hydrogen) atoms. The summed E-state index contributed by atoms with van der Waals surface area (Å²) in [6, 6.07) is 8.19. The van der Waals surface area contributed by atoms with Crippen LogP contribution in [0.3, 0.4) is 0 Å². The van der Waals surface area contributed by atoms with Gasteiger partial charge in [-0.1, -0.05) is 33.2 Å². The van der Waals surface area contributed by atoms with E-state index >= 15 is 0 Å². The van der Waals surface area contributed by atoms with Gasteiger partial charge in [-0.15, -0.1) is 0 Å². The summed E-state index contributed by atoms with van der Waals surface area (Å²) >= 11 is 3.57. The van der Waals surface area contributed by atoms with Crippen molar-refractivity contribution in [3.05, 3.63) is 57.5 Å². The van der Waals surface area contributed by atoms with Crippen molar-refractivity contribution in [3.63, 3.8) is 0 Å². The molecule has 0 aliphatic carbocycles. The van der Waals surface area contributed by atoms with Crippen LogP contribution in [0.2, 0.25) is 0 Å². The van der Waals surface area contributed by atoms with Gasteiger partial charge in [-0.25, -0.2) is 0 Å². The first-order valence-electron chi connectivity index (χ1n) is 6.81. The molecule has 5 heteroatoms. The zero-order chi connectivity index (χ0) is 14.8. The van der Waals surface area contributed by atoms with E-state index in [0.29, 0.717) is 0 Å². The van der Waals surface area contributed by atoms with Crippen LogP contribution in [-0.2, 0) is 13.1 Å². The third-order valence-electron chi connectivity index (χ3n) is 3.60. The molecule has 0 unspecified atom stereocenters. The molecule has 3 rings (SSSR count). The molecule has 0 saturated heterocycles. The third-order valence-corrected chi connectivity index (χ3v) is 4.29. The Labute approximate surface area is 131 Å². The van der Waals surface area contributed by atoms with Gasteiger partial charge in [0.15, 0.2) is 0 Å². The summed E-state index contributed by atoms with van der Waals surface area (Å²) < 4.78 is 6.24. The van der Waals surface area contributed by atoms with Crippen molar-refractivity contribution in [2.75, 3.05) is 0 Å². The summed E-state index contributed by atoms with van der Waals surface area (Å²) in [7, 11) is 0. The van der Waals surface area contributed by atoms with Gasteiger partial charge >= 0.3 is 0 Å². The second kappa shape index (κ2) is 5.95. The lowest BCUT2D eigenvalue weighted by Crippen LogP contribution is -2.14. The number of fused-ring (bicyclic) bond motifs is 1. The van der Waals surface area contributed by atoms with Crippen LogP contribution in [0.5, 0.6) is 0 Å². The molecule has 3 aromatic rings. The maximum absolute atomic E-state index is 5.18. The van der Waals surface area contributed by atoms with Crippen LogP contribution < -0.4 is 5.32 Å². The number of aryl methyl sites for hydroxylation is 2. The lowest BCUT2D eigenvalue weighted by atomic mass is 10.1. The number of nitrogens with one attached hydrogen (secondary N) is 1. The first-order chi connectivity index (χ1) is 10.2. The Morgan fingerprint density at radius 2 is 2.05 bits per heavy atom. The van der Waals surface area contributed by atoms with Crippen molar-refractivity contribution in [2.24, 2.45) is 0 Å². The highest BCUT2D eigenvalue weighted by Crippen LogP contribution is 2.25. The van der Waals surface area contributed by atoms with E-state index in [-0.39, 0.29) is 0 Å². The number of hydrogen-bond donors (Lipinski definition) is 1. The highest BCUT2D eigenvalue weighted by Gasteiger charge is 2.09. The van der Waals surface area contributed by atoms with Gasteiger partial charge in [-0.05, 0) is 31.5 Å². The number of aromatic nitrogens is 2. The fraction of sp³-hybridized carbons (Fsp3) is 0.250. The van der Waals surface area contributed by atoms with Crippen LogP contribution >= 0.6 is 15.9 Å². The molecule has 0 fully saturated rings. The molecule has 0 bridgehead atoms. The normalized spacial score (nSPS) is 11.2. The molecule has 0 saturated carbocycles. The standard InChI is InChI=1S/C16H16BrN3O/c1-10-14(11(2)21-20-10)9-18-8-12-5-6-15(17)13-4-3-7-19-16(12)13/h3-7,18H,8-9H2,1-2H3. The minimum Gasteiger partial charge on any atom is -0.361 e. The van der Waals surface area contributed by atoms with E-state index in [4.69, 9.17) is 4.52 Å². The van der Waals surface area contributed by atoms with Gasteiger partial charge in [0.05, 0.1) is 11.2 Å². The number of benzene rings is 1. The number of halogens is 1. The molecular weight excluding hydrogens is 330 g/mol. The highest BCUT2D eigenvalue weighted by atomic mass is 79.9. The van der Waals surface area contributed by atoms with Crippen LogP contribution in [-0.4, -0.2) is 10.1 Å². The molecule has 0 aliphatic heterocycles. The van der Waals surface area contributed by atoms with E-state index < -0.39 is 0 Å². The molecule has 0 aliphatic rings. The van der Waals surface area contributed by atoms with Crippen LogP contribution in [0, 0.1) is 13.8 Å². The van der Waals surface area contributed by atoms with Crippen molar-refractivity contribution >= 4 is 26.8 Å². The van der Waals surface area contributed by atoms with E-state index in [1.54, 1.807) is 0 Å². The topological polar surface area (TPSA) is 51.0 Å². The summed E-state index contributed by atoms with van der Waals surface area (Å²) in [4.78, 5) is 4.49. The van der Waals surface area contributed by atoms with E-state index in [9.17, 15) is 0 Å². The zero-order valence-corrected chi connectivity index (χ0v) is 13.6. The van der Waals surface area contributed by atoms with Crippen LogP contribution in [0.25, 0.3) is 10.9 Å². The third kappa shape index (κ3) is 2.84. The first-order valence-corrected chi connectivity index (χ1v) is 7.60. The monoisotopic (exact) mass is 345 g/mol. The minimum absolute atomic E-state index is 0.742. The molecule has 1 N–H and O–H groups in total. The van der Waals surface area contributed by atoms with Gasteiger partial charge < -0.3 is 9.84 Å². The molecular formula is C16H16BrN3O. The average Bonchev–Trinajstić information content (AvgIpc) is 2.81. The molecule has 1 aromatic carbocycles. The lowest BCUT2D eigenvalue weighted by molar-refractivity contribution is 0.392. The molecule has 0 spiro atoms. The Hall–Kier alpha value is -1.72. The molecule has 0 radical (unpaired) electrons. The van der Waals surface area contributed by atoms with Gasteiger partial charge in [0.25, 0.3) is 0 Å². The van der Waals surface area contributed by atoms with Crippen LogP contribution in [0.1, 0.15) is 22.6 Å². The van der Waals surface area contributed by atoms with E-state index in [1.165, 1.54) is 5.56 Å². The maximum Gasteiger partial charge on any atom is 0.138 e. The zero-order valence-electron chi connectivity index (χ0n) is 12.0. The smallest absolute Gasteiger partial charge is 0.138 e. The largest absolute Gasteiger partial charge is 0.361 e. The van der Waals surface area contributed by atoms with E-state index in [0.717, 1.165) is 45.5 Å². The Morgan fingerprint density at radius 3 is 2.81 bits per heavy atom. The number of pyridine rings is 1. The minimum atomic E-state index is 0.742. The Bertz CT molecular complexity index is 763. The summed E-state index contributed by atoms with van der Waals surface area (Å²) in [5, 5.41) is 8.55. The fourth-order valence-corrected chi connectivity index (χ4v) is 2.87. The highest BCUT2D eigenvalue weighted by molar-refractivity contribution is 9.10. The van der Waals surface area contributed by atoms with Crippen LogP contribution in [0.15, 0.2) is 39.5 Å². The average molecular weight is 346 g/mol.